The van der Waals surface area contributed by atoms with Gasteiger partial charge in [-0.3, -0.25) is 4.98 Å². The Kier molecular flexibility index (Phi) is 3.01. The topological polar surface area (TPSA) is 50.9 Å². The molecule has 0 spiro atoms. The molecule has 2 heterocycles. The summed E-state index contributed by atoms with van der Waals surface area (Å²) in [5.41, 5.74) is 2.58. The van der Waals surface area contributed by atoms with Gasteiger partial charge in [-0.1, -0.05) is 6.92 Å². The molecule has 0 aliphatic rings. The van der Waals surface area contributed by atoms with Gasteiger partial charge < -0.3 is 5.11 Å². The number of aliphatic hydroxyl groups excluding tert-OH is 1. The summed E-state index contributed by atoms with van der Waals surface area (Å²) < 4.78 is 1.77. The third kappa shape index (κ3) is 2.12. The molecule has 0 amide bonds. The fourth-order valence-electron chi connectivity index (χ4n) is 1.50. The van der Waals surface area contributed by atoms with Crippen molar-refractivity contribution in [2.75, 3.05) is 0 Å². The summed E-state index contributed by atoms with van der Waals surface area (Å²) in [6, 6.07) is 5.68. The smallest absolute Gasteiger partial charge is 0.0957 e. The van der Waals surface area contributed by atoms with Gasteiger partial charge in [0.05, 0.1) is 29.4 Å². The van der Waals surface area contributed by atoms with Gasteiger partial charge in [0.15, 0.2) is 0 Å². The molecule has 0 aliphatic heterocycles. The van der Waals surface area contributed by atoms with Crippen molar-refractivity contribution in [3.63, 3.8) is 0 Å². The van der Waals surface area contributed by atoms with Gasteiger partial charge in [-0.25, -0.2) is 4.68 Å². The number of pyridine rings is 1. The first-order chi connectivity index (χ1) is 7.70. The maximum Gasteiger partial charge on any atom is 0.0957 e. The van der Waals surface area contributed by atoms with Crippen LogP contribution in [0.4, 0.5) is 0 Å². The molecule has 2 aromatic rings. The Morgan fingerprint density at radius 3 is 2.69 bits per heavy atom. The van der Waals surface area contributed by atoms with E-state index in [2.05, 4.69) is 10.1 Å². The van der Waals surface area contributed by atoms with E-state index in [1.54, 1.807) is 10.9 Å². The maximum atomic E-state index is 9.61. The highest BCUT2D eigenvalue weighted by molar-refractivity contribution is 5.29. The summed E-state index contributed by atoms with van der Waals surface area (Å²) in [5, 5.41) is 13.9. The van der Waals surface area contributed by atoms with Gasteiger partial charge in [-0.2, -0.15) is 5.10 Å². The van der Waals surface area contributed by atoms with Crippen molar-refractivity contribution in [1.29, 1.82) is 0 Å². The van der Waals surface area contributed by atoms with E-state index in [9.17, 15) is 5.11 Å². The minimum absolute atomic E-state index is 0.478. The normalized spacial score (nSPS) is 12.7. The molecule has 1 N–H and O–H groups in total. The molecule has 1 atom stereocenters. The van der Waals surface area contributed by atoms with E-state index < -0.39 is 6.10 Å². The first-order valence-electron chi connectivity index (χ1n) is 5.37. The second-order valence-corrected chi connectivity index (χ2v) is 3.77. The Hall–Kier alpha value is -1.68. The van der Waals surface area contributed by atoms with Crippen LogP contribution in [0.5, 0.6) is 0 Å². The van der Waals surface area contributed by atoms with Crippen LogP contribution in [0.25, 0.3) is 5.69 Å². The van der Waals surface area contributed by atoms with Crippen LogP contribution in [-0.2, 0) is 0 Å². The summed E-state index contributed by atoms with van der Waals surface area (Å²) in [6.45, 7) is 3.87. The maximum absolute atomic E-state index is 9.61. The van der Waals surface area contributed by atoms with Gasteiger partial charge in [0.2, 0.25) is 0 Å². The van der Waals surface area contributed by atoms with Crippen LogP contribution in [0.15, 0.2) is 30.6 Å². The van der Waals surface area contributed by atoms with E-state index >= 15 is 0 Å². The van der Waals surface area contributed by atoms with Crippen molar-refractivity contribution in [2.45, 2.75) is 26.4 Å². The molecule has 16 heavy (non-hydrogen) atoms. The summed E-state index contributed by atoms with van der Waals surface area (Å²) >= 11 is 0. The van der Waals surface area contributed by atoms with Crippen molar-refractivity contribution in [3.8, 4) is 5.69 Å². The molecule has 84 valence electrons. The molecule has 4 nitrogen and oxygen atoms in total. The molecule has 0 unspecified atom stereocenters. The first kappa shape index (κ1) is 10.8. The lowest BCUT2D eigenvalue weighted by Crippen LogP contribution is -2.01. The number of nitrogens with zero attached hydrogens (tertiary/aromatic N) is 3. The highest BCUT2D eigenvalue weighted by atomic mass is 16.3. The Labute approximate surface area is 94.6 Å². The van der Waals surface area contributed by atoms with Gasteiger partial charge in [-0.15, -0.1) is 0 Å². The summed E-state index contributed by atoms with van der Waals surface area (Å²) in [4.78, 5) is 4.22. The fourth-order valence-corrected chi connectivity index (χ4v) is 1.50. The van der Waals surface area contributed by atoms with E-state index in [1.807, 2.05) is 38.2 Å². The Bertz CT molecular complexity index is 461. The number of aromatic nitrogens is 3. The minimum atomic E-state index is -0.478. The van der Waals surface area contributed by atoms with Crippen LogP contribution in [0.1, 0.15) is 30.8 Å². The van der Waals surface area contributed by atoms with Crippen LogP contribution in [0, 0.1) is 6.92 Å². The number of aliphatic hydroxyl groups is 1. The number of rotatable bonds is 3. The zero-order chi connectivity index (χ0) is 11.5. The SMILES string of the molecule is CC[C@@H](O)c1ccc(-n2ccc(C)n2)cn1. The van der Waals surface area contributed by atoms with Crippen LogP contribution < -0.4 is 0 Å². The van der Waals surface area contributed by atoms with Gasteiger partial charge in [0, 0.05) is 6.20 Å². The van der Waals surface area contributed by atoms with Crippen molar-refractivity contribution in [3.05, 3.63) is 42.0 Å². The number of hydrogen-bond acceptors (Lipinski definition) is 3. The van der Waals surface area contributed by atoms with E-state index in [1.165, 1.54) is 0 Å². The van der Waals surface area contributed by atoms with E-state index in [4.69, 9.17) is 0 Å². The predicted molar refractivity (Wildman–Crippen MR) is 61.3 cm³/mol. The van der Waals surface area contributed by atoms with Crippen molar-refractivity contribution in [1.82, 2.24) is 14.8 Å². The largest absolute Gasteiger partial charge is 0.387 e. The molecule has 4 heteroatoms. The Morgan fingerprint density at radius 2 is 2.19 bits per heavy atom. The highest BCUT2D eigenvalue weighted by Crippen LogP contribution is 2.15. The summed E-state index contributed by atoms with van der Waals surface area (Å²) in [6.07, 6.45) is 3.81. The highest BCUT2D eigenvalue weighted by Gasteiger charge is 2.06. The third-order valence-corrected chi connectivity index (χ3v) is 2.49. The summed E-state index contributed by atoms with van der Waals surface area (Å²) in [7, 11) is 0. The molecule has 0 aromatic carbocycles. The lowest BCUT2D eigenvalue weighted by Gasteiger charge is -2.07. The van der Waals surface area contributed by atoms with Crippen molar-refractivity contribution >= 4 is 0 Å². The van der Waals surface area contributed by atoms with Gasteiger partial charge in [0.25, 0.3) is 0 Å². The molecule has 0 saturated heterocycles. The average molecular weight is 217 g/mol. The number of hydrogen-bond donors (Lipinski definition) is 1. The van der Waals surface area contributed by atoms with Gasteiger partial charge in [0.1, 0.15) is 0 Å². The minimum Gasteiger partial charge on any atom is -0.387 e. The Morgan fingerprint density at radius 1 is 1.38 bits per heavy atom. The quantitative estimate of drug-likeness (QED) is 0.855. The fraction of sp³-hybridized carbons (Fsp3) is 0.333. The second-order valence-electron chi connectivity index (χ2n) is 3.77. The molecular weight excluding hydrogens is 202 g/mol. The standard InChI is InChI=1S/C12H15N3O/c1-3-12(16)11-5-4-10(8-13-11)15-7-6-9(2)14-15/h4-8,12,16H,3H2,1-2H3/t12-/m1/s1. The van der Waals surface area contributed by atoms with Crippen LogP contribution >= 0.6 is 0 Å². The monoisotopic (exact) mass is 217 g/mol. The lowest BCUT2D eigenvalue weighted by molar-refractivity contribution is 0.169. The van der Waals surface area contributed by atoms with Gasteiger partial charge >= 0.3 is 0 Å². The average Bonchev–Trinajstić information content (AvgIpc) is 2.75. The molecule has 0 aliphatic carbocycles. The summed E-state index contributed by atoms with van der Waals surface area (Å²) in [5.74, 6) is 0. The second kappa shape index (κ2) is 4.45. The zero-order valence-electron chi connectivity index (χ0n) is 9.46. The van der Waals surface area contributed by atoms with E-state index in [0.29, 0.717) is 12.1 Å². The molecule has 2 aromatic heterocycles. The molecule has 0 radical (unpaired) electrons. The van der Waals surface area contributed by atoms with Crippen LogP contribution in [-0.4, -0.2) is 19.9 Å². The van der Waals surface area contributed by atoms with E-state index in [0.717, 1.165) is 11.4 Å². The lowest BCUT2D eigenvalue weighted by atomic mass is 10.2. The number of aryl methyl sites for hydroxylation is 1. The zero-order valence-corrected chi connectivity index (χ0v) is 9.46. The molecular formula is C12H15N3O. The van der Waals surface area contributed by atoms with Crippen molar-refractivity contribution in [2.24, 2.45) is 0 Å². The van der Waals surface area contributed by atoms with Crippen LogP contribution in [0.2, 0.25) is 0 Å². The first-order valence-corrected chi connectivity index (χ1v) is 5.37. The Balaban J connectivity index is 2.25. The molecule has 0 saturated carbocycles. The predicted octanol–water partition coefficient (Wildman–Crippen LogP) is 2.02. The van der Waals surface area contributed by atoms with Gasteiger partial charge in [-0.05, 0) is 31.5 Å². The molecule has 2 rings (SSSR count). The molecule has 0 bridgehead atoms. The van der Waals surface area contributed by atoms with E-state index in [-0.39, 0.29) is 0 Å². The van der Waals surface area contributed by atoms with Crippen molar-refractivity contribution < 1.29 is 5.11 Å². The molecule has 0 fully saturated rings. The third-order valence-electron chi connectivity index (χ3n) is 2.49. The van der Waals surface area contributed by atoms with Crippen LogP contribution in [0.3, 0.4) is 0 Å².